The number of hydrogen-bond acceptors (Lipinski definition) is 6. The highest BCUT2D eigenvalue weighted by molar-refractivity contribution is 6.03. The Bertz CT molecular complexity index is 1590. The first-order valence-electron chi connectivity index (χ1n) is 12.9. The van der Waals surface area contributed by atoms with E-state index in [-0.39, 0.29) is 17.3 Å². The van der Waals surface area contributed by atoms with E-state index in [1.165, 1.54) is 12.3 Å². The zero-order valence-electron chi connectivity index (χ0n) is 22.4. The average Bonchev–Trinajstić information content (AvgIpc) is 3.34. The first-order valence-corrected chi connectivity index (χ1v) is 12.9. The van der Waals surface area contributed by atoms with E-state index < -0.39 is 17.5 Å². The molecular formula is C29H31FN6O3. The van der Waals surface area contributed by atoms with Crippen molar-refractivity contribution < 1.29 is 18.7 Å². The van der Waals surface area contributed by atoms with Crippen LogP contribution >= 0.6 is 0 Å². The molecule has 3 aromatic heterocycles. The SMILES string of the molecule is CNC(=O)c1cnc2[nH]cc(-c3cc(F)c4nccc(N5CCCC(/C=N/C(=O)OC(C)(C)C)C5)c4c3)c2c1. The average molecular weight is 531 g/mol. The van der Waals surface area contributed by atoms with Gasteiger partial charge in [0.05, 0.1) is 5.56 Å². The van der Waals surface area contributed by atoms with Crippen LogP contribution in [0.2, 0.25) is 0 Å². The number of halogens is 1. The van der Waals surface area contributed by atoms with Crippen LogP contribution in [-0.4, -0.2) is 58.9 Å². The summed E-state index contributed by atoms with van der Waals surface area (Å²) in [6, 6.07) is 7.02. The first-order chi connectivity index (χ1) is 18.6. The van der Waals surface area contributed by atoms with Gasteiger partial charge in [-0.25, -0.2) is 14.2 Å². The number of pyridine rings is 2. The maximum Gasteiger partial charge on any atom is 0.433 e. The van der Waals surface area contributed by atoms with Crippen LogP contribution in [0.5, 0.6) is 0 Å². The molecule has 5 rings (SSSR count). The summed E-state index contributed by atoms with van der Waals surface area (Å²) in [5.41, 5.74) is 2.95. The smallest absolute Gasteiger partial charge is 0.433 e. The normalized spacial score (nSPS) is 16.2. The third-order valence-electron chi connectivity index (χ3n) is 6.69. The van der Waals surface area contributed by atoms with E-state index in [4.69, 9.17) is 4.74 Å². The number of nitrogens with zero attached hydrogens (tertiary/aromatic N) is 4. The minimum absolute atomic E-state index is 0.0466. The Hall–Kier alpha value is -4.34. The lowest BCUT2D eigenvalue weighted by atomic mass is 9.97. The first kappa shape index (κ1) is 26.3. The Labute approximate surface area is 225 Å². The number of ether oxygens (including phenoxy) is 1. The number of carbonyl (C=O) groups excluding carboxylic acids is 2. The van der Waals surface area contributed by atoms with Gasteiger partial charge in [-0.2, -0.15) is 4.99 Å². The van der Waals surface area contributed by atoms with Gasteiger partial charge < -0.3 is 19.9 Å². The molecule has 1 atom stereocenters. The topological polar surface area (TPSA) is 113 Å². The third kappa shape index (κ3) is 5.59. The molecule has 9 nitrogen and oxygen atoms in total. The lowest BCUT2D eigenvalue weighted by Crippen LogP contribution is -2.36. The number of aromatic nitrogens is 3. The molecule has 0 spiro atoms. The van der Waals surface area contributed by atoms with Gasteiger partial charge in [0.25, 0.3) is 5.91 Å². The second-order valence-corrected chi connectivity index (χ2v) is 10.7. The molecule has 0 bridgehead atoms. The second-order valence-electron chi connectivity index (χ2n) is 10.7. The largest absolute Gasteiger partial charge is 0.442 e. The van der Waals surface area contributed by atoms with Crippen molar-refractivity contribution in [1.29, 1.82) is 0 Å². The lowest BCUT2D eigenvalue weighted by molar-refractivity contribution is 0.0604. The standard InChI is InChI=1S/C29H31FN6O3/c1-29(2,3)39-28(38)35-13-17-6-5-9-36(16-17)24-7-8-32-25-21(24)10-18(12-23(25)30)22-15-34-26-20(22)11-19(14-33-26)27(37)31-4/h7-8,10-15,17H,5-6,9,16H2,1-4H3,(H,31,37)(H,33,34)/b35-13+. The van der Waals surface area contributed by atoms with Crippen LogP contribution in [0.4, 0.5) is 14.9 Å². The molecule has 1 aliphatic rings. The maximum absolute atomic E-state index is 15.4. The van der Waals surface area contributed by atoms with Crippen molar-refractivity contribution >= 4 is 45.8 Å². The van der Waals surface area contributed by atoms with E-state index >= 15 is 4.39 Å². The van der Waals surface area contributed by atoms with Gasteiger partial charge in [0.15, 0.2) is 0 Å². The summed E-state index contributed by atoms with van der Waals surface area (Å²) in [6.07, 6.45) is 7.74. The fraction of sp³-hybridized carbons (Fsp3) is 0.345. The van der Waals surface area contributed by atoms with Gasteiger partial charge in [-0.1, -0.05) is 0 Å². The van der Waals surface area contributed by atoms with Crippen molar-refractivity contribution in [2.24, 2.45) is 10.9 Å². The van der Waals surface area contributed by atoms with Crippen molar-refractivity contribution in [3.8, 4) is 11.1 Å². The molecule has 2 N–H and O–H groups in total. The predicted molar refractivity (Wildman–Crippen MR) is 150 cm³/mol. The summed E-state index contributed by atoms with van der Waals surface area (Å²) in [7, 11) is 1.56. The van der Waals surface area contributed by atoms with Crippen LogP contribution in [-0.2, 0) is 4.74 Å². The van der Waals surface area contributed by atoms with Gasteiger partial charge in [0.1, 0.15) is 22.6 Å². The van der Waals surface area contributed by atoms with E-state index in [0.717, 1.165) is 36.0 Å². The van der Waals surface area contributed by atoms with Crippen molar-refractivity contribution in [2.75, 3.05) is 25.0 Å². The van der Waals surface area contributed by atoms with Gasteiger partial charge in [-0.05, 0) is 63.4 Å². The molecule has 202 valence electrons. The van der Waals surface area contributed by atoms with Gasteiger partial charge >= 0.3 is 6.09 Å². The molecule has 4 aromatic rings. The van der Waals surface area contributed by atoms with E-state index in [1.807, 2.05) is 12.1 Å². The number of H-pyrrole nitrogens is 1. The molecule has 10 heteroatoms. The Morgan fingerprint density at radius 2 is 2.05 bits per heavy atom. The lowest BCUT2D eigenvalue weighted by Gasteiger charge is -2.33. The van der Waals surface area contributed by atoms with E-state index in [0.29, 0.717) is 28.7 Å². The Balaban J connectivity index is 1.49. The molecule has 1 fully saturated rings. The zero-order valence-corrected chi connectivity index (χ0v) is 22.4. The molecule has 1 aromatic carbocycles. The number of amides is 2. The summed E-state index contributed by atoms with van der Waals surface area (Å²) in [5, 5.41) is 4.01. The minimum atomic E-state index is -0.603. The summed E-state index contributed by atoms with van der Waals surface area (Å²) in [5.74, 6) is -0.637. The van der Waals surface area contributed by atoms with Gasteiger partial charge in [0.2, 0.25) is 0 Å². The summed E-state index contributed by atoms with van der Waals surface area (Å²) in [6.45, 7) is 6.83. The fourth-order valence-corrected chi connectivity index (χ4v) is 4.94. The van der Waals surface area contributed by atoms with Gasteiger partial charge in [-0.15, -0.1) is 0 Å². The highest BCUT2D eigenvalue weighted by atomic mass is 19.1. The number of hydrogen-bond donors (Lipinski definition) is 2. The molecule has 1 saturated heterocycles. The van der Waals surface area contributed by atoms with Crippen molar-refractivity contribution in [3.63, 3.8) is 0 Å². The molecule has 0 saturated carbocycles. The summed E-state index contributed by atoms with van der Waals surface area (Å²) < 4.78 is 20.7. The van der Waals surface area contributed by atoms with Crippen LogP contribution in [0.15, 0.2) is 47.8 Å². The van der Waals surface area contributed by atoms with Crippen LogP contribution in [0.25, 0.3) is 33.1 Å². The highest BCUT2D eigenvalue weighted by Crippen LogP contribution is 2.36. The molecule has 39 heavy (non-hydrogen) atoms. The van der Waals surface area contributed by atoms with Crippen LogP contribution in [0, 0.1) is 11.7 Å². The monoisotopic (exact) mass is 530 g/mol. The minimum Gasteiger partial charge on any atom is -0.442 e. The van der Waals surface area contributed by atoms with Gasteiger partial charge in [-0.3, -0.25) is 9.78 Å². The number of aromatic amines is 1. The van der Waals surface area contributed by atoms with Crippen molar-refractivity contribution in [1.82, 2.24) is 20.3 Å². The number of carbonyl (C=O) groups is 2. The van der Waals surface area contributed by atoms with E-state index in [9.17, 15) is 9.59 Å². The number of aliphatic imine (C=N–C) groups is 1. The third-order valence-corrected chi connectivity index (χ3v) is 6.69. The number of rotatable bonds is 4. The van der Waals surface area contributed by atoms with Crippen LogP contribution < -0.4 is 10.2 Å². The number of piperidine rings is 1. The number of benzene rings is 1. The molecule has 2 amide bonds. The van der Waals surface area contributed by atoms with Gasteiger partial charge in [0, 0.05) is 72.9 Å². The zero-order chi connectivity index (χ0) is 27.7. The second kappa shape index (κ2) is 10.4. The molecule has 1 aliphatic heterocycles. The van der Waals surface area contributed by atoms with E-state index in [2.05, 4.69) is 30.2 Å². The number of nitrogens with one attached hydrogen (secondary N) is 2. The molecule has 0 radical (unpaired) electrons. The Morgan fingerprint density at radius 3 is 2.82 bits per heavy atom. The maximum atomic E-state index is 15.4. The quantitative estimate of drug-likeness (QED) is 0.337. The highest BCUT2D eigenvalue weighted by Gasteiger charge is 2.23. The number of fused-ring (bicyclic) bond motifs is 2. The molecular weight excluding hydrogens is 499 g/mol. The fourth-order valence-electron chi connectivity index (χ4n) is 4.94. The van der Waals surface area contributed by atoms with E-state index in [1.54, 1.807) is 52.5 Å². The molecule has 4 heterocycles. The van der Waals surface area contributed by atoms with Crippen molar-refractivity contribution in [2.45, 2.75) is 39.2 Å². The van der Waals surface area contributed by atoms with Crippen LogP contribution in [0.3, 0.4) is 0 Å². The Morgan fingerprint density at radius 1 is 1.23 bits per heavy atom. The molecule has 0 aliphatic carbocycles. The van der Waals surface area contributed by atoms with Crippen LogP contribution in [0.1, 0.15) is 44.0 Å². The summed E-state index contributed by atoms with van der Waals surface area (Å²) >= 11 is 0. The molecule has 1 unspecified atom stereocenters. The van der Waals surface area contributed by atoms with Crippen molar-refractivity contribution in [3.05, 3.63) is 54.2 Å². The summed E-state index contributed by atoms with van der Waals surface area (Å²) in [4.78, 5) is 42.2. The predicted octanol–water partition coefficient (Wildman–Crippen LogP) is 5.50. The number of anilines is 1. The Kier molecular flexibility index (Phi) is 7.03.